The number of Topliss-reactive ketones (excluding diaryl/α,β-unsaturated/α-hetero) is 1. The maximum absolute atomic E-state index is 11.2. The van der Waals surface area contributed by atoms with Gasteiger partial charge in [-0.2, -0.15) is 0 Å². The zero-order valence-electron chi connectivity index (χ0n) is 9.95. The summed E-state index contributed by atoms with van der Waals surface area (Å²) >= 11 is 0. The van der Waals surface area contributed by atoms with Crippen molar-refractivity contribution in [2.75, 3.05) is 13.1 Å². The number of carbonyl (C=O) groups is 2. The van der Waals surface area contributed by atoms with Crippen molar-refractivity contribution in [1.82, 2.24) is 4.90 Å². The molecule has 1 rings (SSSR count). The van der Waals surface area contributed by atoms with Crippen molar-refractivity contribution in [2.45, 2.75) is 45.6 Å². The third-order valence-electron chi connectivity index (χ3n) is 3.73. The molecule has 0 aromatic heterocycles. The van der Waals surface area contributed by atoms with Gasteiger partial charge in [0.05, 0.1) is 0 Å². The summed E-state index contributed by atoms with van der Waals surface area (Å²) in [6.45, 7) is 8.52. The smallest absolute Gasteiger partial charge is 0.198 e. The van der Waals surface area contributed by atoms with Gasteiger partial charge in [-0.1, -0.05) is 6.92 Å². The Labute approximate surface area is 91.8 Å². The molecule has 0 amide bonds. The molecule has 15 heavy (non-hydrogen) atoms. The van der Waals surface area contributed by atoms with Crippen molar-refractivity contribution in [3.8, 4) is 0 Å². The van der Waals surface area contributed by atoms with E-state index in [1.54, 1.807) is 0 Å². The van der Waals surface area contributed by atoms with Gasteiger partial charge in [0.25, 0.3) is 0 Å². The average Bonchev–Trinajstić information content (AvgIpc) is 2.28. The molecule has 0 spiro atoms. The minimum atomic E-state index is -0.219. The van der Waals surface area contributed by atoms with Crippen LogP contribution in [-0.2, 0) is 9.59 Å². The average molecular weight is 211 g/mol. The lowest BCUT2D eigenvalue weighted by Gasteiger charge is -2.42. The fourth-order valence-electron chi connectivity index (χ4n) is 2.09. The fraction of sp³-hybridized carbons (Fsp3) is 0.833. The Morgan fingerprint density at radius 1 is 1.40 bits per heavy atom. The maximum Gasteiger partial charge on any atom is 0.198 e. The molecule has 1 fully saturated rings. The van der Waals surface area contributed by atoms with E-state index in [1.807, 2.05) is 0 Å². The zero-order chi connectivity index (χ0) is 11.5. The summed E-state index contributed by atoms with van der Waals surface area (Å²) in [6.07, 6.45) is 3.26. The van der Waals surface area contributed by atoms with E-state index in [2.05, 4.69) is 25.7 Å². The molecule has 1 aliphatic rings. The van der Waals surface area contributed by atoms with Crippen molar-refractivity contribution >= 4 is 12.1 Å². The Morgan fingerprint density at radius 3 is 2.33 bits per heavy atom. The lowest BCUT2D eigenvalue weighted by atomic mass is 9.89. The minimum absolute atomic E-state index is 0.0218. The Kier molecular flexibility index (Phi) is 4.03. The van der Waals surface area contributed by atoms with E-state index in [0.29, 0.717) is 6.29 Å². The molecule has 1 heterocycles. The first kappa shape index (κ1) is 12.4. The van der Waals surface area contributed by atoms with Crippen LogP contribution in [0.5, 0.6) is 0 Å². The number of hydrogen-bond donors (Lipinski definition) is 0. The molecule has 0 aromatic rings. The Balaban J connectivity index is 2.49. The van der Waals surface area contributed by atoms with E-state index in [0.717, 1.165) is 32.4 Å². The molecule has 86 valence electrons. The molecule has 0 saturated carbocycles. The monoisotopic (exact) mass is 211 g/mol. The summed E-state index contributed by atoms with van der Waals surface area (Å²) in [5.74, 6) is -0.240. The molecule has 0 N–H and O–H groups in total. The topological polar surface area (TPSA) is 37.4 Å². The summed E-state index contributed by atoms with van der Waals surface area (Å²) in [4.78, 5) is 24.0. The van der Waals surface area contributed by atoms with Gasteiger partial charge in [0.1, 0.15) is 0 Å². The number of ketones is 1. The second-order valence-corrected chi connectivity index (χ2v) is 4.95. The lowest BCUT2D eigenvalue weighted by molar-refractivity contribution is -0.133. The predicted molar refractivity (Wildman–Crippen MR) is 59.7 cm³/mol. The van der Waals surface area contributed by atoms with Gasteiger partial charge in [-0.05, 0) is 46.2 Å². The Hall–Kier alpha value is -0.700. The van der Waals surface area contributed by atoms with Gasteiger partial charge in [0, 0.05) is 11.5 Å². The highest BCUT2D eigenvalue weighted by atomic mass is 16.2. The number of hydrogen-bond acceptors (Lipinski definition) is 3. The first-order valence-electron chi connectivity index (χ1n) is 5.75. The van der Waals surface area contributed by atoms with Gasteiger partial charge >= 0.3 is 0 Å². The summed E-state index contributed by atoms with van der Waals surface area (Å²) < 4.78 is 0. The van der Waals surface area contributed by atoms with Crippen LogP contribution in [0, 0.1) is 5.92 Å². The third kappa shape index (κ3) is 2.88. The van der Waals surface area contributed by atoms with E-state index in [-0.39, 0.29) is 17.2 Å². The molecule has 1 aliphatic heterocycles. The van der Waals surface area contributed by atoms with Crippen molar-refractivity contribution in [2.24, 2.45) is 5.92 Å². The van der Waals surface area contributed by atoms with Crippen LogP contribution in [0.15, 0.2) is 0 Å². The van der Waals surface area contributed by atoms with E-state index < -0.39 is 0 Å². The van der Waals surface area contributed by atoms with Gasteiger partial charge in [-0.25, -0.2) is 0 Å². The number of carbonyl (C=O) groups excluding carboxylic acids is 2. The minimum Gasteiger partial charge on any atom is -0.298 e. The Morgan fingerprint density at radius 2 is 1.93 bits per heavy atom. The van der Waals surface area contributed by atoms with Crippen molar-refractivity contribution < 1.29 is 9.59 Å². The molecule has 0 aliphatic carbocycles. The van der Waals surface area contributed by atoms with Gasteiger partial charge in [0.2, 0.25) is 0 Å². The fourth-order valence-corrected chi connectivity index (χ4v) is 2.09. The van der Waals surface area contributed by atoms with E-state index in [1.165, 1.54) is 0 Å². The number of aldehydes is 1. The highest BCUT2D eigenvalue weighted by Gasteiger charge is 2.31. The summed E-state index contributed by atoms with van der Waals surface area (Å²) in [7, 11) is 0. The van der Waals surface area contributed by atoms with Crippen LogP contribution in [-0.4, -0.2) is 35.6 Å². The molecule has 0 aromatic carbocycles. The van der Waals surface area contributed by atoms with Crippen LogP contribution in [0.25, 0.3) is 0 Å². The SMILES string of the molecule is CCC(C)(C)N1CCC(C(=O)C=O)CC1. The van der Waals surface area contributed by atoms with Crippen LogP contribution < -0.4 is 0 Å². The standard InChI is InChI=1S/C12H21NO2/c1-4-12(2,3)13-7-5-10(6-8-13)11(15)9-14/h9-10H,4-8H2,1-3H3. The largest absolute Gasteiger partial charge is 0.298 e. The number of rotatable bonds is 4. The van der Waals surface area contributed by atoms with Gasteiger partial charge in [0.15, 0.2) is 12.1 Å². The molecule has 0 unspecified atom stereocenters. The van der Waals surface area contributed by atoms with Gasteiger partial charge in [-0.3, -0.25) is 14.5 Å². The van der Waals surface area contributed by atoms with E-state index in [4.69, 9.17) is 0 Å². The lowest BCUT2D eigenvalue weighted by Crippen LogP contribution is -2.48. The zero-order valence-corrected chi connectivity index (χ0v) is 9.95. The van der Waals surface area contributed by atoms with Crippen LogP contribution in [0.1, 0.15) is 40.0 Å². The summed E-state index contributed by atoms with van der Waals surface area (Å²) in [6, 6.07) is 0. The first-order valence-corrected chi connectivity index (χ1v) is 5.75. The normalized spacial score (nSPS) is 20.2. The van der Waals surface area contributed by atoms with Gasteiger partial charge in [-0.15, -0.1) is 0 Å². The third-order valence-corrected chi connectivity index (χ3v) is 3.73. The molecular formula is C12H21NO2. The van der Waals surface area contributed by atoms with Crippen LogP contribution in [0.4, 0.5) is 0 Å². The van der Waals surface area contributed by atoms with Crippen molar-refractivity contribution in [3.63, 3.8) is 0 Å². The summed E-state index contributed by atoms with van der Waals surface area (Å²) in [5, 5.41) is 0. The maximum atomic E-state index is 11.2. The van der Waals surface area contributed by atoms with Crippen LogP contribution in [0.2, 0.25) is 0 Å². The van der Waals surface area contributed by atoms with Gasteiger partial charge < -0.3 is 0 Å². The second-order valence-electron chi connectivity index (χ2n) is 4.95. The predicted octanol–water partition coefficient (Wildman–Crippen LogP) is 1.66. The first-order chi connectivity index (χ1) is 7.01. The summed E-state index contributed by atoms with van der Waals surface area (Å²) in [5.41, 5.74) is 0.217. The van der Waals surface area contributed by atoms with E-state index >= 15 is 0 Å². The molecule has 3 nitrogen and oxygen atoms in total. The molecule has 0 bridgehead atoms. The van der Waals surface area contributed by atoms with Crippen molar-refractivity contribution in [3.05, 3.63) is 0 Å². The highest BCUT2D eigenvalue weighted by molar-refractivity contribution is 6.25. The van der Waals surface area contributed by atoms with Crippen LogP contribution >= 0.6 is 0 Å². The quantitative estimate of drug-likeness (QED) is 0.524. The molecule has 0 atom stereocenters. The Bertz CT molecular complexity index is 240. The number of nitrogens with zero attached hydrogens (tertiary/aromatic N) is 1. The number of likely N-dealkylation sites (tertiary alicyclic amines) is 1. The molecule has 1 saturated heterocycles. The molecule has 0 radical (unpaired) electrons. The second kappa shape index (κ2) is 4.88. The van der Waals surface area contributed by atoms with Crippen molar-refractivity contribution in [1.29, 1.82) is 0 Å². The van der Waals surface area contributed by atoms with E-state index in [9.17, 15) is 9.59 Å². The van der Waals surface area contributed by atoms with Crippen LogP contribution in [0.3, 0.4) is 0 Å². The molecule has 3 heteroatoms. The molecular weight excluding hydrogens is 190 g/mol. The highest BCUT2D eigenvalue weighted by Crippen LogP contribution is 2.26. The number of piperidine rings is 1.